The molecule has 0 amide bonds. The zero-order chi connectivity index (χ0) is 27.6. The Kier molecular flexibility index (Phi) is 5.02. The summed E-state index contributed by atoms with van der Waals surface area (Å²) in [7, 11) is 0. The molecule has 0 unspecified atom stereocenters. The first-order valence-electron chi connectivity index (χ1n) is 14.6. The van der Waals surface area contributed by atoms with Crippen LogP contribution in [-0.2, 0) is 6.42 Å². The molecule has 42 heavy (non-hydrogen) atoms. The number of para-hydroxylation sites is 2. The maximum Gasteiger partial charge on any atom is 0.138 e. The molecule has 5 aromatic carbocycles. The number of allylic oxidation sites excluding steroid dienone is 1. The number of benzene rings is 5. The molecule has 9 rings (SSSR count). The van der Waals surface area contributed by atoms with E-state index in [1.807, 2.05) is 6.07 Å². The van der Waals surface area contributed by atoms with Crippen LogP contribution in [0.2, 0.25) is 0 Å². The summed E-state index contributed by atoms with van der Waals surface area (Å²) < 4.78 is 4.77. The second-order valence-electron chi connectivity index (χ2n) is 11.2. The third-order valence-electron chi connectivity index (χ3n) is 8.76. The van der Waals surface area contributed by atoms with Crippen LogP contribution in [0.15, 0.2) is 133 Å². The highest BCUT2D eigenvalue weighted by molar-refractivity contribution is 6.19. The largest absolute Gasteiger partial charge is 0.309 e. The Bertz CT molecular complexity index is 2350. The van der Waals surface area contributed by atoms with Gasteiger partial charge in [-0.25, -0.2) is 4.98 Å². The van der Waals surface area contributed by atoms with Gasteiger partial charge in [0.1, 0.15) is 5.82 Å². The van der Waals surface area contributed by atoms with E-state index in [0.29, 0.717) is 0 Å². The molecule has 0 radical (unpaired) electrons. The maximum atomic E-state index is 5.17. The van der Waals surface area contributed by atoms with Gasteiger partial charge in [-0.1, -0.05) is 91.0 Å². The number of pyridine rings is 1. The third-order valence-corrected chi connectivity index (χ3v) is 8.76. The quantitative estimate of drug-likeness (QED) is 0.220. The third kappa shape index (κ3) is 3.44. The van der Waals surface area contributed by atoms with Gasteiger partial charge in [-0.05, 0) is 72.5 Å². The highest BCUT2D eigenvalue weighted by Gasteiger charge is 2.19. The molecule has 0 saturated heterocycles. The predicted octanol–water partition coefficient (Wildman–Crippen LogP) is 9.90. The van der Waals surface area contributed by atoms with Crippen molar-refractivity contribution in [2.75, 3.05) is 0 Å². The zero-order valence-electron chi connectivity index (χ0n) is 23.0. The van der Waals surface area contributed by atoms with E-state index in [0.717, 1.165) is 35.4 Å². The van der Waals surface area contributed by atoms with Gasteiger partial charge in [0.15, 0.2) is 0 Å². The van der Waals surface area contributed by atoms with Gasteiger partial charge in [-0.2, -0.15) is 0 Å². The van der Waals surface area contributed by atoms with Crippen molar-refractivity contribution in [2.45, 2.75) is 12.8 Å². The standard InChI is InChI=1S/C39H27N3/c1-2-12-27(13-3-1)34-17-10-20-39(40-34)42-36-19-9-7-16-31(36)33-24-37-32(25-38(33)42)30-15-6-8-18-35(30)41(37)29-22-21-26-11-4-5-14-28(26)23-29/h1-4,6-13,15-25H,5,14H2. The molecule has 3 heteroatoms. The molecule has 1 aliphatic rings. The molecule has 198 valence electrons. The summed E-state index contributed by atoms with van der Waals surface area (Å²) in [6.45, 7) is 0. The van der Waals surface area contributed by atoms with E-state index >= 15 is 0 Å². The topological polar surface area (TPSA) is 22.8 Å². The van der Waals surface area contributed by atoms with Gasteiger partial charge < -0.3 is 4.57 Å². The second kappa shape index (κ2) is 9.05. The van der Waals surface area contributed by atoms with Gasteiger partial charge in [0, 0.05) is 32.8 Å². The van der Waals surface area contributed by atoms with Crippen LogP contribution in [0.3, 0.4) is 0 Å². The Labute approximate surface area is 243 Å². The molecule has 0 N–H and O–H groups in total. The highest BCUT2D eigenvalue weighted by Crippen LogP contribution is 2.40. The average Bonchev–Trinajstić information content (AvgIpc) is 3.56. The predicted molar refractivity (Wildman–Crippen MR) is 176 cm³/mol. The van der Waals surface area contributed by atoms with Crippen LogP contribution < -0.4 is 0 Å². The van der Waals surface area contributed by atoms with Crippen molar-refractivity contribution in [3.05, 3.63) is 145 Å². The molecule has 0 bridgehead atoms. The van der Waals surface area contributed by atoms with Gasteiger partial charge in [0.05, 0.1) is 27.8 Å². The SMILES string of the molecule is C1=Cc2ccc(-n3c4ccccc4c4cc5c(cc43)c3ccccc3n5-c3cccc(-c4ccccc4)n3)cc2CC1. The number of fused-ring (bicyclic) bond motifs is 7. The summed E-state index contributed by atoms with van der Waals surface area (Å²) in [5.41, 5.74) is 10.8. The van der Waals surface area contributed by atoms with Gasteiger partial charge in [0.2, 0.25) is 0 Å². The van der Waals surface area contributed by atoms with E-state index in [4.69, 9.17) is 4.98 Å². The smallest absolute Gasteiger partial charge is 0.138 e. The maximum absolute atomic E-state index is 5.17. The molecular weight excluding hydrogens is 510 g/mol. The van der Waals surface area contributed by atoms with Gasteiger partial charge >= 0.3 is 0 Å². The highest BCUT2D eigenvalue weighted by atomic mass is 15.1. The fourth-order valence-corrected chi connectivity index (χ4v) is 6.83. The van der Waals surface area contributed by atoms with E-state index in [1.165, 1.54) is 54.9 Å². The fraction of sp³-hybridized carbons (Fsp3) is 0.0513. The van der Waals surface area contributed by atoms with Gasteiger partial charge in [-0.15, -0.1) is 0 Å². The fourth-order valence-electron chi connectivity index (χ4n) is 6.83. The first-order chi connectivity index (χ1) is 20.8. The summed E-state index contributed by atoms with van der Waals surface area (Å²) in [4.78, 5) is 5.17. The van der Waals surface area contributed by atoms with Crippen LogP contribution in [0.5, 0.6) is 0 Å². The Hall–Kier alpha value is -5.41. The minimum Gasteiger partial charge on any atom is -0.309 e. The lowest BCUT2D eigenvalue weighted by atomic mass is 9.97. The van der Waals surface area contributed by atoms with E-state index in [1.54, 1.807) is 0 Å². The van der Waals surface area contributed by atoms with Crippen molar-refractivity contribution in [3.8, 4) is 22.8 Å². The van der Waals surface area contributed by atoms with Gasteiger partial charge in [-0.3, -0.25) is 4.57 Å². The number of hydrogen-bond acceptors (Lipinski definition) is 1. The van der Waals surface area contributed by atoms with Crippen molar-refractivity contribution >= 4 is 49.7 Å². The van der Waals surface area contributed by atoms with Crippen molar-refractivity contribution in [2.24, 2.45) is 0 Å². The molecular formula is C39H27N3. The molecule has 1 aliphatic carbocycles. The van der Waals surface area contributed by atoms with E-state index in [2.05, 4.69) is 143 Å². The summed E-state index contributed by atoms with van der Waals surface area (Å²) >= 11 is 0. The number of hydrogen-bond donors (Lipinski definition) is 0. The molecule has 3 aromatic heterocycles. The Morgan fingerprint density at radius 1 is 0.524 bits per heavy atom. The van der Waals surface area contributed by atoms with E-state index in [-0.39, 0.29) is 0 Å². The molecule has 0 saturated carbocycles. The lowest BCUT2D eigenvalue weighted by molar-refractivity contribution is 0.979. The van der Waals surface area contributed by atoms with Crippen molar-refractivity contribution in [1.29, 1.82) is 0 Å². The molecule has 8 aromatic rings. The van der Waals surface area contributed by atoms with Crippen LogP contribution in [0.25, 0.3) is 72.5 Å². The van der Waals surface area contributed by atoms with Gasteiger partial charge in [0.25, 0.3) is 0 Å². The average molecular weight is 538 g/mol. The lowest BCUT2D eigenvalue weighted by Crippen LogP contribution is -1.99. The molecule has 3 heterocycles. The lowest BCUT2D eigenvalue weighted by Gasteiger charge is -2.14. The summed E-state index contributed by atoms with van der Waals surface area (Å²) in [6.07, 6.45) is 6.72. The number of rotatable bonds is 3. The van der Waals surface area contributed by atoms with Crippen LogP contribution >= 0.6 is 0 Å². The minimum atomic E-state index is 0.924. The molecule has 3 nitrogen and oxygen atoms in total. The number of aromatic nitrogens is 3. The monoisotopic (exact) mass is 537 g/mol. The molecule has 0 fully saturated rings. The van der Waals surface area contributed by atoms with Crippen molar-refractivity contribution in [3.63, 3.8) is 0 Å². The van der Waals surface area contributed by atoms with Crippen molar-refractivity contribution in [1.82, 2.24) is 14.1 Å². The minimum absolute atomic E-state index is 0.924. The van der Waals surface area contributed by atoms with Crippen LogP contribution in [0.4, 0.5) is 0 Å². The Morgan fingerprint density at radius 2 is 1.21 bits per heavy atom. The Morgan fingerprint density at radius 3 is 2.00 bits per heavy atom. The summed E-state index contributed by atoms with van der Waals surface area (Å²) in [6, 6.07) is 45.9. The van der Waals surface area contributed by atoms with Crippen LogP contribution in [-0.4, -0.2) is 14.1 Å². The first kappa shape index (κ1) is 23.3. The molecule has 0 atom stereocenters. The summed E-state index contributed by atoms with van der Waals surface area (Å²) in [5, 5.41) is 4.97. The first-order valence-corrected chi connectivity index (χ1v) is 14.6. The zero-order valence-corrected chi connectivity index (χ0v) is 23.0. The van der Waals surface area contributed by atoms with Crippen molar-refractivity contribution < 1.29 is 0 Å². The molecule has 0 aliphatic heterocycles. The van der Waals surface area contributed by atoms with E-state index in [9.17, 15) is 0 Å². The normalized spacial score (nSPS) is 13.0. The second-order valence-corrected chi connectivity index (χ2v) is 11.2. The summed E-state index contributed by atoms with van der Waals surface area (Å²) in [5.74, 6) is 0.924. The molecule has 0 spiro atoms. The Balaban J connectivity index is 1.36. The van der Waals surface area contributed by atoms with Crippen LogP contribution in [0.1, 0.15) is 17.5 Å². The number of nitrogens with zero attached hydrogens (tertiary/aromatic N) is 3. The van der Waals surface area contributed by atoms with E-state index < -0.39 is 0 Å². The number of aryl methyl sites for hydroxylation is 1. The van der Waals surface area contributed by atoms with Crippen LogP contribution in [0, 0.1) is 0 Å².